The summed E-state index contributed by atoms with van der Waals surface area (Å²) in [6.07, 6.45) is 0.653. The quantitative estimate of drug-likeness (QED) is 0.672. The van der Waals surface area contributed by atoms with Gasteiger partial charge in [0.15, 0.2) is 5.43 Å². The fourth-order valence-corrected chi connectivity index (χ4v) is 2.38. The highest BCUT2D eigenvalue weighted by Crippen LogP contribution is 2.31. The van der Waals surface area contributed by atoms with Crippen molar-refractivity contribution in [1.29, 1.82) is 0 Å². The molecule has 3 aromatic rings. The fraction of sp³-hybridized carbons (Fsp3) is 0.118. The van der Waals surface area contributed by atoms with Gasteiger partial charge in [-0.25, -0.2) is 4.79 Å². The molecule has 2 aromatic heterocycles. The molecular weight excluding hydrogens is 328 g/mol. The smallest absolute Gasteiger partial charge is 0.411 e. The molecule has 0 saturated heterocycles. The lowest BCUT2D eigenvalue weighted by molar-refractivity contribution is 0.168. The van der Waals surface area contributed by atoms with Crippen LogP contribution in [0.15, 0.2) is 50.5 Å². The van der Waals surface area contributed by atoms with E-state index in [-0.39, 0.29) is 34.8 Å². The number of hydrogen-bond donors (Lipinski definition) is 3. The topological polar surface area (TPSA) is 122 Å². The molecule has 0 unspecified atom stereocenters. The summed E-state index contributed by atoms with van der Waals surface area (Å²) in [4.78, 5) is 38.1. The molecule has 3 N–H and O–H groups in total. The highest BCUT2D eigenvalue weighted by Gasteiger charge is 2.15. The second kappa shape index (κ2) is 6.52. The van der Waals surface area contributed by atoms with Gasteiger partial charge in [0.2, 0.25) is 0 Å². The van der Waals surface area contributed by atoms with E-state index >= 15 is 0 Å². The molecule has 3 rings (SSSR count). The van der Waals surface area contributed by atoms with Crippen LogP contribution in [0.25, 0.3) is 22.3 Å². The van der Waals surface area contributed by atoms with Crippen LogP contribution in [0.1, 0.15) is 6.92 Å². The van der Waals surface area contributed by atoms with E-state index in [0.717, 1.165) is 6.07 Å². The molecule has 128 valence electrons. The SMILES string of the molecule is CCOC(=O)Nc1cc(O)ccc1-c1cc(=O)c2c(=O)[nH]ccc2o1. The molecule has 0 aliphatic rings. The van der Waals surface area contributed by atoms with Crippen molar-refractivity contribution in [3.8, 4) is 17.1 Å². The number of phenolic OH excluding ortho intramolecular Hbond substituents is 1. The van der Waals surface area contributed by atoms with Crippen LogP contribution in [0.3, 0.4) is 0 Å². The zero-order valence-corrected chi connectivity index (χ0v) is 13.2. The van der Waals surface area contributed by atoms with E-state index in [9.17, 15) is 19.5 Å². The summed E-state index contributed by atoms with van der Waals surface area (Å²) in [6.45, 7) is 1.83. The largest absolute Gasteiger partial charge is 0.508 e. The van der Waals surface area contributed by atoms with E-state index in [0.29, 0.717) is 5.56 Å². The number of fused-ring (bicyclic) bond motifs is 1. The van der Waals surface area contributed by atoms with E-state index in [1.54, 1.807) is 6.92 Å². The molecule has 1 amide bonds. The van der Waals surface area contributed by atoms with Gasteiger partial charge in [0.25, 0.3) is 5.56 Å². The number of carbonyl (C=O) groups excluding carboxylic acids is 1. The Morgan fingerprint density at radius 1 is 1.28 bits per heavy atom. The Morgan fingerprint density at radius 3 is 2.84 bits per heavy atom. The summed E-state index contributed by atoms with van der Waals surface area (Å²) in [5.74, 6) is 0.0463. The van der Waals surface area contributed by atoms with Gasteiger partial charge in [-0.1, -0.05) is 0 Å². The van der Waals surface area contributed by atoms with Gasteiger partial charge in [0.1, 0.15) is 22.5 Å². The Bertz CT molecular complexity index is 1070. The Balaban J connectivity index is 2.16. The van der Waals surface area contributed by atoms with Gasteiger partial charge in [0.05, 0.1) is 12.3 Å². The number of pyridine rings is 1. The van der Waals surface area contributed by atoms with Gasteiger partial charge >= 0.3 is 6.09 Å². The Kier molecular flexibility index (Phi) is 4.25. The lowest BCUT2D eigenvalue weighted by Crippen LogP contribution is -2.15. The number of aromatic hydroxyl groups is 1. The molecule has 0 aliphatic carbocycles. The zero-order valence-electron chi connectivity index (χ0n) is 13.2. The monoisotopic (exact) mass is 342 g/mol. The predicted octanol–water partition coefficient (Wildman–Crippen LogP) is 2.42. The minimum absolute atomic E-state index is 0.0878. The van der Waals surface area contributed by atoms with Crippen molar-refractivity contribution in [2.45, 2.75) is 6.92 Å². The second-order valence-corrected chi connectivity index (χ2v) is 5.10. The lowest BCUT2D eigenvalue weighted by atomic mass is 10.1. The maximum atomic E-state index is 12.3. The molecule has 0 saturated carbocycles. The number of carbonyl (C=O) groups is 1. The van der Waals surface area contributed by atoms with Gasteiger partial charge in [-0.05, 0) is 25.1 Å². The average molecular weight is 342 g/mol. The summed E-state index contributed by atoms with van der Waals surface area (Å²) in [5, 5.41) is 12.0. The molecule has 0 aliphatic heterocycles. The van der Waals surface area contributed by atoms with Crippen LogP contribution in [-0.4, -0.2) is 22.8 Å². The highest BCUT2D eigenvalue weighted by molar-refractivity contribution is 5.91. The lowest BCUT2D eigenvalue weighted by Gasteiger charge is -2.11. The van der Waals surface area contributed by atoms with Gasteiger partial charge in [-0.3, -0.25) is 14.9 Å². The van der Waals surface area contributed by atoms with Crippen LogP contribution in [-0.2, 0) is 4.74 Å². The first-order valence-electron chi connectivity index (χ1n) is 7.42. The van der Waals surface area contributed by atoms with E-state index < -0.39 is 17.1 Å². The van der Waals surface area contributed by atoms with Crippen LogP contribution in [0, 0.1) is 0 Å². The number of benzene rings is 1. The Morgan fingerprint density at radius 2 is 2.08 bits per heavy atom. The summed E-state index contributed by atoms with van der Waals surface area (Å²) >= 11 is 0. The van der Waals surface area contributed by atoms with Crippen molar-refractivity contribution in [3.05, 3.63) is 57.1 Å². The number of anilines is 1. The van der Waals surface area contributed by atoms with Gasteiger partial charge in [-0.15, -0.1) is 0 Å². The standard InChI is InChI=1S/C17H14N2O6/c1-2-24-17(23)19-11-7-9(20)3-4-10(11)14-8-12(21)15-13(25-14)5-6-18-16(15)22/h3-8,20H,2H2,1H3,(H,18,22)(H,19,23). The molecule has 0 spiro atoms. The molecule has 25 heavy (non-hydrogen) atoms. The highest BCUT2D eigenvalue weighted by atomic mass is 16.5. The Labute approximate surface area is 140 Å². The number of hydrogen-bond acceptors (Lipinski definition) is 6. The zero-order chi connectivity index (χ0) is 18.0. The number of nitrogens with one attached hydrogen (secondary N) is 2. The summed E-state index contributed by atoms with van der Waals surface area (Å²) in [7, 11) is 0. The predicted molar refractivity (Wildman–Crippen MR) is 90.9 cm³/mol. The molecular formula is C17H14N2O6. The maximum Gasteiger partial charge on any atom is 0.411 e. The number of ether oxygens (including phenoxy) is 1. The van der Waals surface area contributed by atoms with Crippen molar-refractivity contribution in [1.82, 2.24) is 4.98 Å². The molecule has 0 bridgehead atoms. The van der Waals surface area contributed by atoms with Crippen LogP contribution in [0.4, 0.5) is 10.5 Å². The summed E-state index contributed by atoms with van der Waals surface area (Å²) < 4.78 is 10.5. The molecule has 0 radical (unpaired) electrons. The summed E-state index contributed by atoms with van der Waals surface area (Å²) in [5.41, 5.74) is -0.404. The van der Waals surface area contributed by atoms with E-state index in [2.05, 4.69) is 10.3 Å². The third-order valence-electron chi connectivity index (χ3n) is 3.43. The van der Waals surface area contributed by atoms with Crippen LogP contribution < -0.4 is 16.3 Å². The second-order valence-electron chi connectivity index (χ2n) is 5.10. The normalized spacial score (nSPS) is 10.6. The van der Waals surface area contributed by atoms with Crippen molar-refractivity contribution in [3.63, 3.8) is 0 Å². The summed E-state index contributed by atoms with van der Waals surface area (Å²) in [6, 6.07) is 6.77. The van der Waals surface area contributed by atoms with E-state index in [1.165, 1.54) is 30.5 Å². The molecule has 0 fully saturated rings. The van der Waals surface area contributed by atoms with E-state index in [1.807, 2.05) is 0 Å². The van der Waals surface area contributed by atoms with Crippen molar-refractivity contribution >= 4 is 22.7 Å². The third-order valence-corrected chi connectivity index (χ3v) is 3.43. The fourth-order valence-electron chi connectivity index (χ4n) is 2.38. The minimum Gasteiger partial charge on any atom is -0.508 e. The first-order chi connectivity index (χ1) is 12.0. The van der Waals surface area contributed by atoms with Crippen LogP contribution >= 0.6 is 0 Å². The third kappa shape index (κ3) is 3.23. The number of phenols is 1. The van der Waals surface area contributed by atoms with Crippen molar-refractivity contribution in [2.75, 3.05) is 11.9 Å². The van der Waals surface area contributed by atoms with Gasteiger partial charge in [0, 0.05) is 23.9 Å². The number of amides is 1. The first-order valence-corrected chi connectivity index (χ1v) is 7.42. The average Bonchev–Trinajstić information content (AvgIpc) is 2.54. The molecule has 8 heteroatoms. The molecule has 8 nitrogen and oxygen atoms in total. The number of aromatic nitrogens is 1. The first kappa shape index (κ1) is 16.3. The van der Waals surface area contributed by atoms with Crippen LogP contribution in [0.2, 0.25) is 0 Å². The van der Waals surface area contributed by atoms with Crippen molar-refractivity contribution in [2.24, 2.45) is 0 Å². The minimum atomic E-state index is -0.714. The van der Waals surface area contributed by atoms with E-state index in [4.69, 9.17) is 9.15 Å². The molecule has 1 aromatic carbocycles. The number of rotatable bonds is 3. The molecule has 0 atom stereocenters. The van der Waals surface area contributed by atoms with Crippen LogP contribution in [0.5, 0.6) is 5.75 Å². The number of aromatic amines is 1. The van der Waals surface area contributed by atoms with Gasteiger partial charge in [-0.2, -0.15) is 0 Å². The van der Waals surface area contributed by atoms with Gasteiger partial charge < -0.3 is 19.2 Å². The van der Waals surface area contributed by atoms with Crippen molar-refractivity contribution < 1.29 is 19.1 Å². The number of H-pyrrole nitrogens is 1. The Hall–Kier alpha value is -3.55. The molecule has 2 heterocycles. The maximum absolute atomic E-state index is 12.3.